The molecular formula is C18H34N2O. The van der Waals surface area contributed by atoms with Crippen molar-refractivity contribution in [3.8, 4) is 0 Å². The van der Waals surface area contributed by atoms with E-state index in [1.165, 1.54) is 57.8 Å². The number of carbonyl (C=O) groups excluding carboxylic acids is 1. The Bertz CT molecular complexity index is 329. The van der Waals surface area contributed by atoms with Gasteiger partial charge >= 0.3 is 0 Å². The normalized spacial score (nSPS) is 28.3. The molecule has 2 aliphatic carbocycles. The Morgan fingerprint density at radius 2 is 1.57 bits per heavy atom. The SMILES string of the molecule is CC(C)(C)C1CCCCC1NCC(=O)NC1CCCCC1. The maximum Gasteiger partial charge on any atom is 0.234 e. The molecule has 2 unspecified atom stereocenters. The van der Waals surface area contributed by atoms with Crippen LogP contribution in [0.3, 0.4) is 0 Å². The maximum atomic E-state index is 12.1. The second-order valence-corrected chi connectivity index (χ2v) is 8.15. The molecule has 0 radical (unpaired) electrons. The highest BCUT2D eigenvalue weighted by Gasteiger charge is 2.34. The Balaban J connectivity index is 1.76. The van der Waals surface area contributed by atoms with Crippen LogP contribution in [0.25, 0.3) is 0 Å². The van der Waals surface area contributed by atoms with E-state index in [-0.39, 0.29) is 5.91 Å². The van der Waals surface area contributed by atoms with E-state index in [0.29, 0.717) is 30.0 Å². The van der Waals surface area contributed by atoms with Gasteiger partial charge in [-0.2, -0.15) is 0 Å². The first-order valence-electron chi connectivity index (χ1n) is 8.99. The van der Waals surface area contributed by atoms with Gasteiger partial charge in [-0.15, -0.1) is 0 Å². The Kier molecular flexibility index (Phi) is 6.09. The minimum Gasteiger partial charge on any atom is -0.352 e. The zero-order valence-electron chi connectivity index (χ0n) is 14.2. The van der Waals surface area contributed by atoms with E-state index in [1.807, 2.05) is 0 Å². The summed E-state index contributed by atoms with van der Waals surface area (Å²) in [7, 11) is 0. The third kappa shape index (κ3) is 5.28. The zero-order valence-corrected chi connectivity index (χ0v) is 14.2. The van der Waals surface area contributed by atoms with Crippen LogP contribution in [0.15, 0.2) is 0 Å². The molecule has 0 aliphatic heterocycles. The molecule has 2 fully saturated rings. The number of amides is 1. The average molecular weight is 294 g/mol. The smallest absolute Gasteiger partial charge is 0.234 e. The van der Waals surface area contributed by atoms with Gasteiger partial charge < -0.3 is 10.6 Å². The van der Waals surface area contributed by atoms with Crippen LogP contribution in [-0.4, -0.2) is 24.5 Å². The number of rotatable bonds is 4. The first kappa shape index (κ1) is 16.8. The van der Waals surface area contributed by atoms with Crippen molar-refractivity contribution in [2.75, 3.05) is 6.54 Å². The molecule has 3 heteroatoms. The molecule has 0 aromatic carbocycles. The molecule has 0 heterocycles. The summed E-state index contributed by atoms with van der Waals surface area (Å²) in [5.74, 6) is 0.883. The van der Waals surface area contributed by atoms with Crippen molar-refractivity contribution in [2.45, 2.75) is 90.6 Å². The van der Waals surface area contributed by atoms with Crippen LogP contribution in [0.1, 0.15) is 78.6 Å². The molecule has 122 valence electrons. The Morgan fingerprint density at radius 1 is 0.952 bits per heavy atom. The average Bonchev–Trinajstić information content (AvgIpc) is 2.45. The Hall–Kier alpha value is -0.570. The fraction of sp³-hybridized carbons (Fsp3) is 0.944. The second kappa shape index (κ2) is 7.62. The Labute approximate surface area is 130 Å². The predicted octanol–water partition coefficient (Wildman–Crippen LogP) is 3.63. The molecule has 2 atom stereocenters. The summed E-state index contributed by atoms with van der Waals surface area (Å²) >= 11 is 0. The minimum atomic E-state index is 0.195. The molecule has 2 rings (SSSR count). The van der Waals surface area contributed by atoms with E-state index < -0.39 is 0 Å². The van der Waals surface area contributed by atoms with Gasteiger partial charge in [0.15, 0.2) is 0 Å². The summed E-state index contributed by atoms with van der Waals surface area (Å²) in [6.07, 6.45) is 11.4. The number of hydrogen-bond acceptors (Lipinski definition) is 2. The third-order valence-corrected chi connectivity index (χ3v) is 5.37. The van der Waals surface area contributed by atoms with Gasteiger partial charge in [-0.05, 0) is 37.0 Å². The lowest BCUT2D eigenvalue weighted by molar-refractivity contribution is -0.121. The number of nitrogens with one attached hydrogen (secondary N) is 2. The zero-order chi connectivity index (χ0) is 15.3. The standard InChI is InChI=1S/C18H34N2O/c1-18(2,3)15-11-7-8-12-16(15)19-13-17(21)20-14-9-5-4-6-10-14/h14-16,19H,4-13H2,1-3H3,(H,20,21). The second-order valence-electron chi connectivity index (χ2n) is 8.15. The van der Waals surface area contributed by atoms with Crippen LogP contribution in [-0.2, 0) is 4.79 Å². The number of carbonyl (C=O) groups is 1. The molecule has 0 saturated heterocycles. The number of hydrogen-bond donors (Lipinski definition) is 2. The van der Waals surface area contributed by atoms with Crippen LogP contribution < -0.4 is 10.6 Å². The van der Waals surface area contributed by atoms with Crippen molar-refractivity contribution in [1.82, 2.24) is 10.6 Å². The van der Waals surface area contributed by atoms with Gasteiger partial charge in [0.1, 0.15) is 0 Å². The van der Waals surface area contributed by atoms with Gasteiger partial charge in [0, 0.05) is 12.1 Å². The molecule has 2 aliphatic rings. The Morgan fingerprint density at radius 3 is 2.24 bits per heavy atom. The lowest BCUT2D eigenvalue weighted by atomic mass is 9.69. The molecule has 3 nitrogen and oxygen atoms in total. The summed E-state index contributed by atoms with van der Waals surface area (Å²) in [4.78, 5) is 12.1. The van der Waals surface area contributed by atoms with E-state index in [0.717, 1.165) is 0 Å². The third-order valence-electron chi connectivity index (χ3n) is 5.37. The highest BCUT2D eigenvalue weighted by molar-refractivity contribution is 5.78. The van der Waals surface area contributed by atoms with Gasteiger partial charge in [-0.25, -0.2) is 0 Å². The van der Waals surface area contributed by atoms with Crippen LogP contribution >= 0.6 is 0 Å². The summed E-state index contributed by atoms with van der Waals surface area (Å²) in [6.45, 7) is 7.49. The van der Waals surface area contributed by atoms with Crippen LogP contribution in [0.5, 0.6) is 0 Å². The molecule has 21 heavy (non-hydrogen) atoms. The van der Waals surface area contributed by atoms with E-state index in [9.17, 15) is 4.79 Å². The van der Waals surface area contributed by atoms with Crippen LogP contribution in [0, 0.1) is 11.3 Å². The summed E-state index contributed by atoms with van der Waals surface area (Å²) in [5.41, 5.74) is 0.331. The molecule has 1 amide bonds. The van der Waals surface area contributed by atoms with Crippen molar-refractivity contribution < 1.29 is 4.79 Å². The molecular weight excluding hydrogens is 260 g/mol. The summed E-state index contributed by atoms with van der Waals surface area (Å²) in [6, 6.07) is 0.939. The molecule has 0 bridgehead atoms. The van der Waals surface area contributed by atoms with E-state index in [4.69, 9.17) is 0 Å². The van der Waals surface area contributed by atoms with E-state index >= 15 is 0 Å². The first-order valence-corrected chi connectivity index (χ1v) is 8.99. The molecule has 2 saturated carbocycles. The van der Waals surface area contributed by atoms with Crippen molar-refractivity contribution in [1.29, 1.82) is 0 Å². The van der Waals surface area contributed by atoms with Gasteiger partial charge in [-0.1, -0.05) is 52.9 Å². The molecule has 2 N–H and O–H groups in total. The van der Waals surface area contributed by atoms with Crippen molar-refractivity contribution >= 4 is 5.91 Å². The van der Waals surface area contributed by atoms with Gasteiger partial charge in [0.05, 0.1) is 6.54 Å². The highest BCUT2D eigenvalue weighted by atomic mass is 16.1. The van der Waals surface area contributed by atoms with Gasteiger partial charge in [0.2, 0.25) is 5.91 Å². The lowest BCUT2D eigenvalue weighted by Crippen LogP contribution is -2.49. The predicted molar refractivity (Wildman–Crippen MR) is 88.2 cm³/mol. The molecule has 0 aromatic rings. The fourth-order valence-corrected chi connectivity index (χ4v) is 4.16. The molecule has 0 aromatic heterocycles. The maximum absolute atomic E-state index is 12.1. The summed E-state index contributed by atoms with van der Waals surface area (Å²) < 4.78 is 0. The van der Waals surface area contributed by atoms with Crippen molar-refractivity contribution in [2.24, 2.45) is 11.3 Å². The van der Waals surface area contributed by atoms with Crippen LogP contribution in [0.4, 0.5) is 0 Å². The van der Waals surface area contributed by atoms with Gasteiger partial charge in [0.25, 0.3) is 0 Å². The minimum absolute atomic E-state index is 0.195. The highest BCUT2D eigenvalue weighted by Crippen LogP contribution is 2.37. The summed E-state index contributed by atoms with van der Waals surface area (Å²) in [5, 5.41) is 6.77. The topological polar surface area (TPSA) is 41.1 Å². The van der Waals surface area contributed by atoms with Gasteiger partial charge in [-0.3, -0.25) is 4.79 Å². The first-order chi connectivity index (χ1) is 9.97. The van der Waals surface area contributed by atoms with Crippen LogP contribution in [0.2, 0.25) is 0 Å². The van der Waals surface area contributed by atoms with E-state index in [1.54, 1.807) is 0 Å². The monoisotopic (exact) mass is 294 g/mol. The van der Waals surface area contributed by atoms with E-state index in [2.05, 4.69) is 31.4 Å². The lowest BCUT2D eigenvalue weighted by Gasteiger charge is -2.41. The van der Waals surface area contributed by atoms with Crippen molar-refractivity contribution in [3.05, 3.63) is 0 Å². The largest absolute Gasteiger partial charge is 0.352 e. The fourth-order valence-electron chi connectivity index (χ4n) is 4.16. The van der Waals surface area contributed by atoms with Crippen molar-refractivity contribution in [3.63, 3.8) is 0 Å². The molecule has 0 spiro atoms. The quantitative estimate of drug-likeness (QED) is 0.831.